The predicted molar refractivity (Wildman–Crippen MR) is 85.1 cm³/mol. The van der Waals surface area contributed by atoms with Gasteiger partial charge >= 0.3 is 0 Å². The van der Waals surface area contributed by atoms with E-state index in [1.165, 1.54) is 0 Å². The molecule has 3 nitrogen and oxygen atoms in total. The van der Waals surface area contributed by atoms with Crippen LogP contribution in [-0.4, -0.2) is 9.78 Å². The monoisotopic (exact) mass is 403 g/mol. The summed E-state index contributed by atoms with van der Waals surface area (Å²) in [6.45, 7) is 4.72. The van der Waals surface area contributed by atoms with E-state index in [1.54, 1.807) is 18.2 Å². The normalized spacial score (nSPS) is 12.7. The topological polar surface area (TPSA) is 43.8 Å². The molecule has 0 amide bonds. The molecule has 2 aromatic rings. The minimum atomic E-state index is -0.412. The molecule has 1 atom stereocenters. The van der Waals surface area contributed by atoms with Gasteiger partial charge in [-0.05, 0) is 51.8 Å². The highest BCUT2D eigenvalue weighted by atomic mass is 79.9. The van der Waals surface area contributed by atoms with E-state index in [-0.39, 0.29) is 5.82 Å². The summed E-state index contributed by atoms with van der Waals surface area (Å²) in [6.07, 6.45) is 0.530. The van der Waals surface area contributed by atoms with Gasteiger partial charge in [-0.15, -0.1) is 0 Å². The first kappa shape index (κ1) is 15.7. The quantitative estimate of drug-likeness (QED) is 0.832. The Morgan fingerprint density at radius 3 is 2.75 bits per heavy atom. The molecule has 0 saturated heterocycles. The van der Waals surface area contributed by atoms with Crippen LogP contribution in [0, 0.1) is 12.7 Å². The molecule has 6 heteroatoms. The Balaban J connectivity index is 2.32. The van der Waals surface area contributed by atoms with Gasteiger partial charge < -0.3 is 5.73 Å². The smallest absolute Gasteiger partial charge is 0.142 e. The van der Waals surface area contributed by atoms with E-state index in [9.17, 15) is 4.39 Å². The van der Waals surface area contributed by atoms with Gasteiger partial charge in [-0.2, -0.15) is 5.10 Å². The summed E-state index contributed by atoms with van der Waals surface area (Å²) < 4.78 is 17.4. The molecule has 108 valence electrons. The molecule has 1 heterocycles. The Kier molecular flexibility index (Phi) is 4.99. The Bertz CT molecular complexity index is 625. The largest absolute Gasteiger partial charge is 0.324 e. The molecule has 0 radical (unpaired) electrons. The van der Waals surface area contributed by atoms with Crippen LogP contribution in [0.1, 0.15) is 29.9 Å². The average Bonchev–Trinajstić information content (AvgIpc) is 2.69. The lowest BCUT2D eigenvalue weighted by Crippen LogP contribution is -2.18. The molecule has 0 aliphatic rings. The standard InChI is InChI=1S/C14H16Br2FN3/c1-3-20-12(13(16)8(2)19-20)7-11(18)9-5-4-6-10(15)14(9)17/h4-6,11H,3,7,18H2,1-2H3. The van der Waals surface area contributed by atoms with Crippen LogP contribution in [0.4, 0.5) is 4.39 Å². The molecular weight excluding hydrogens is 389 g/mol. The van der Waals surface area contributed by atoms with Gasteiger partial charge in [0, 0.05) is 24.6 Å². The van der Waals surface area contributed by atoms with E-state index >= 15 is 0 Å². The molecule has 1 aromatic carbocycles. The molecule has 0 bridgehead atoms. The van der Waals surface area contributed by atoms with Crippen molar-refractivity contribution in [3.05, 3.63) is 49.9 Å². The van der Waals surface area contributed by atoms with E-state index in [0.717, 1.165) is 22.4 Å². The number of hydrogen-bond acceptors (Lipinski definition) is 2. The second-order valence-electron chi connectivity index (χ2n) is 4.62. The number of hydrogen-bond donors (Lipinski definition) is 1. The van der Waals surface area contributed by atoms with Crippen LogP contribution in [0.15, 0.2) is 27.1 Å². The van der Waals surface area contributed by atoms with Gasteiger partial charge in [-0.25, -0.2) is 4.39 Å². The number of rotatable bonds is 4. The highest BCUT2D eigenvalue weighted by Gasteiger charge is 2.19. The van der Waals surface area contributed by atoms with Crippen LogP contribution < -0.4 is 5.73 Å². The Morgan fingerprint density at radius 1 is 1.40 bits per heavy atom. The van der Waals surface area contributed by atoms with Crippen molar-refractivity contribution < 1.29 is 4.39 Å². The van der Waals surface area contributed by atoms with Crippen LogP contribution in [0.3, 0.4) is 0 Å². The Hall–Kier alpha value is -0.720. The van der Waals surface area contributed by atoms with Gasteiger partial charge in [0.15, 0.2) is 0 Å². The zero-order valence-corrected chi connectivity index (χ0v) is 14.5. The van der Waals surface area contributed by atoms with E-state index in [2.05, 4.69) is 37.0 Å². The van der Waals surface area contributed by atoms with Crippen LogP contribution in [-0.2, 0) is 13.0 Å². The van der Waals surface area contributed by atoms with Crippen molar-refractivity contribution in [2.75, 3.05) is 0 Å². The van der Waals surface area contributed by atoms with Gasteiger partial charge in [0.2, 0.25) is 0 Å². The second-order valence-corrected chi connectivity index (χ2v) is 6.26. The van der Waals surface area contributed by atoms with Crippen molar-refractivity contribution in [1.82, 2.24) is 9.78 Å². The zero-order valence-electron chi connectivity index (χ0n) is 11.3. The molecule has 0 saturated carbocycles. The molecule has 1 aromatic heterocycles. The van der Waals surface area contributed by atoms with E-state index in [0.29, 0.717) is 16.5 Å². The molecular formula is C14H16Br2FN3. The van der Waals surface area contributed by atoms with E-state index < -0.39 is 6.04 Å². The zero-order chi connectivity index (χ0) is 14.9. The summed E-state index contributed by atoms with van der Waals surface area (Å²) in [6, 6.07) is 4.77. The number of benzene rings is 1. The molecule has 2 N–H and O–H groups in total. The number of halogens is 3. The highest BCUT2D eigenvalue weighted by Crippen LogP contribution is 2.28. The third kappa shape index (κ3) is 2.97. The fourth-order valence-electron chi connectivity index (χ4n) is 2.19. The average molecular weight is 405 g/mol. The molecule has 0 aliphatic heterocycles. The van der Waals surface area contributed by atoms with Gasteiger partial charge in [0.25, 0.3) is 0 Å². The predicted octanol–water partition coefficient (Wildman–Crippen LogP) is 4.12. The SMILES string of the molecule is CCn1nc(C)c(Br)c1CC(N)c1cccc(Br)c1F. The maximum atomic E-state index is 14.1. The summed E-state index contributed by atoms with van der Waals surface area (Å²) in [7, 11) is 0. The first-order valence-corrected chi connectivity index (χ1v) is 7.95. The summed E-state index contributed by atoms with van der Waals surface area (Å²) in [5, 5.41) is 4.43. The molecule has 1 unspecified atom stereocenters. The van der Waals surface area contributed by atoms with Gasteiger partial charge in [-0.1, -0.05) is 12.1 Å². The minimum Gasteiger partial charge on any atom is -0.324 e. The third-order valence-electron chi connectivity index (χ3n) is 3.25. The number of nitrogens with zero attached hydrogens (tertiary/aromatic N) is 2. The maximum absolute atomic E-state index is 14.1. The summed E-state index contributed by atoms with van der Waals surface area (Å²) in [5.74, 6) is -0.296. The second kappa shape index (κ2) is 6.37. The van der Waals surface area contributed by atoms with Gasteiger partial charge in [0.05, 0.1) is 20.3 Å². The maximum Gasteiger partial charge on any atom is 0.142 e. The van der Waals surface area contributed by atoms with Crippen molar-refractivity contribution in [3.63, 3.8) is 0 Å². The van der Waals surface area contributed by atoms with Crippen molar-refractivity contribution >= 4 is 31.9 Å². The number of nitrogens with two attached hydrogens (primary N) is 1. The highest BCUT2D eigenvalue weighted by molar-refractivity contribution is 9.10. The van der Waals surface area contributed by atoms with Crippen LogP contribution in [0.25, 0.3) is 0 Å². The lowest BCUT2D eigenvalue weighted by Gasteiger charge is -2.15. The lowest BCUT2D eigenvalue weighted by atomic mass is 10.0. The van der Waals surface area contributed by atoms with Crippen LogP contribution in [0.2, 0.25) is 0 Å². The van der Waals surface area contributed by atoms with E-state index in [1.807, 2.05) is 18.5 Å². The fourth-order valence-corrected chi connectivity index (χ4v) is 3.02. The van der Waals surface area contributed by atoms with Crippen molar-refractivity contribution in [2.45, 2.75) is 32.9 Å². The summed E-state index contributed by atoms with van der Waals surface area (Å²) >= 11 is 6.72. The third-order valence-corrected chi connectivity index (χ3v) is 4.89. The van der Waals surface area contributed by atoms with Crippen LogP contribution >= 0.6 is 31.9 Å². The van der Waals surface area contributed by atoms with Crippen molar-refractivity contribution in [2.24, 2.45) is 5.73 Å². The molecule has 2 rings (SSSR count). The number of aryl methyl sites for hydroxylation is 2. The molecule has 0 spiro atoms. The summed E-state index contributed by atoms with van der Waals surface area (Å²) in [5.41, 5.74) is 8.60. The van der Waals surface area contributed by atoms with Crippen LogP contribution in [0.5, 0.6) is 0 Å². The first-order valence-electron chi connectivity index (χ1n) is 6.37. The minimum absolute atomic E-state index is 0.296. The molecule has 0 aliphatic carbocycles. The van der Waals surface area contributed by atoms with E-state index in [4.69, 9.17) is 5.73 Å². The Morgan fingerprint density at radius 2 is 2.10 bits per heavy atom. The molecule has 20 heavy (non-hydrogen) atoms. The molecule has 0 fully saturated rings. The van der Waals surface area contributed by atoms with Crippen molar-refractivity contribution in [3.8, 4) is 0 Å². The van der Waals surface area contributed by atoms with Gasteiger partial charge in [0.1, 0.15) is 5.82 Å². The Labute approximate surface area is 134 Å². The summed E-state index contributed by atoms with van der Waals surface area (Å²) in [4.78, 5) is 0. The fraction of sp³-hybridized carbons (Fsp3) is 0.357. The lowest BCUT2D eigenvalue weighted by molar-refractivity contribution is 0.551. The number of aromatic nitrogens is 2. The van der Waals surface area contributed by atoms with Gasteiger partial charge in [-0.3, -0.25) is 4.68 Å². The van der Waals surface area contributed by atoms with Crippen molar-refractivity contribution in [1.29, 1.82) is 0 Å². The first-order chi connectivity index (χ1) is 9.45.